The van der Waals surface area contributed by atoms with Crippen LogP contribution in [0.2, 0.25) is 0 Å². The smallest absolute Gasteiger partial charge is 0.240 e. The van der Waals surface area contributed by atoms with Gasteiger partial charge in [0.1, 0.15) is 17.3 Å². The van der Waals surface area contributed by atoms with Crippen LogP contribution in [0.4, 0.5) is 0 Å². The second kappa shape index (κ2) is 4.50. The Morgan fingerprint density at radius 2 is 1.94 bits per heavy atom. The van der Waals surface area contributed by atoms with Crippen LogP contribution in [0.5, 0.6) is 5.75 Å². The Balaban J connectivity index is 2.04. The van der Waals surface area contributed by atoms with Crippen molar-refractivity contribution in [2.45, 2.75) is 0 Å². The molecule has 90 valence electrons. The number of nitrogens with zero attached hydrogens (tertiary/aromatic N) is 1. The molecular formula is C10H9BrN2O3S. The van der Waals surface area contributed by atoms with Crippen LogP contribution >= 0.6 is 15.9 Å². The zero-order chi connectivity index (χ0) is 12.5. The zero-order valence-corrected chi connectivity index (χ0v) is 11.0. The van der Waals surface area contributed by atoms with E-state index in [1.165, 1.54) is 6.20 Å². The topological polar surface area (TPSA) is 81.8 Å². The Kier molecular flexibility index (Phi) is 3.21. The Bertz CT molecular complexity index is 590. The first-order chi connectivity index (χ1) is 8.00. The number of aliphatic imine (C=N–C) groups is 1. The summed E-state index contributed by atoms with van der Waals surface area (Å²) in [5.41, 5.74) is 5.24. The van der Waals surface area contributed by atoms with E-state index in [2.05, 4.69) is 20.9 Å². The molecule has 0 unspecified atom stereocenters. The van der Waals surface area contributed by atoms with E-state index in [9.17, 15) is 8.42 Å². The minimum absolute atomic E-state index is 0.0675. The molecule has 0 aromatic heterocycles. The number of halogens is 1. The first-order valence-corrected chi connectivity index (χ1v) is 6.93. The maximum Gasteiger partial charge on any atom is 0.240 e. The van der Waals surface area contributed by atoms with Gasteiger partial charge in [0.2, 0.25) is 15.0 Å². The van der Waals surface area contributed by atoms with Crippen molar-refractivity contribution in [3.8, 4) is 5.75 Å². The van der Waals surface area contributed by atoms with Crippen molar-refractivity contribution in [3.63, 3.8) is 0 Å². The molecular weight excluding hydrogens is 308 g/mol. The van der Waals surface area contributed by atoms with Crippen LogP contribution in [-0.4, -0.2) is 20.2 Å². The third kappa shape index (κ3) is 2.50. The second-order valence-electron chi connectivity index (χ2n) is 3.31. The van der Waals surface area contributed by atoms with Crippen LogP contribution in [0.3, 0.4) is 0 Å². The number of nitrogens with two attached hydrogens (primary N) is 1. The number of hydrogen-bond donors (Lipinski definition) is 1. The van der Waals surface area contributed by atoms with Gasteiger partial charge in [-0.1, -0.05) is 15.9 Å². The fourth-order valence-corrected chi connectivity index (χ4v) is 2.34. The van der Waals surface area contributed by atoms with Crippen LogP contribution in [0.15, 0.2) is 44.8 Å². The molecule has 1 aliphatic rings. The molecule has 1 aliphatic heterocycles. The molecule has 7 heteroatoms. The Morgan fingerprint density at radius 3 is 2.47 bits per heavy atom. The largest absolute Gasteiger partial charge is 0.488 e. The summed E-state index contributed by atoms with van der Waals surface area (Å²) in [6, 6.07) is 7.07. The molecule has 0 saturated heterocycles. The fraction of sp³-hybridized carbons (Fsp3) is 0.100. The summed E-state index contributed by atoms with van der Waals surface area (Å²) >= 11 is 3.29. The summed E-state index contributed by atoms with van der Waals surface area (Å²) in [5, 5.41) is -0.382. The molecule has 0 spiro atoms. The van der Waals surface area contributed by atoms with E-state index < -0.39 is 9.84 Å². The van der Waals surface area contributed by atoms with Crippen LogP contribution < -0.4 is 10.5 Å². The molecule has 17 heavy (non-hydrogen) atoms. The van der Waals surface area contributed by atoms with Gasteiger partial charge in [-0.05, 0) is 24.3 Å². The van der Waals surface area contributed by atoms with Crippen LogP contribution in [0.1, 0.15) is 0 Å². The second-order valence-corrected chi connectivity index (χ2v) is 6.17. The van der Waals surface area contributed by atoms with Crippen LogP contribution in [0.25, 0.3) is 0 Å². The van der Waals surface area contributed by atoms with E-state index >= 15 is 0 Å². The van der Waals surface area contributed by atoms with Crippen molar-refractivity contribution in [3.05, 3.63) is 39.8 Å². The SMILES string of the molecule is NC1=NC=C(COc2ccc(Br)cc2)S1(=O)=O. The number of hydrogen-bond acceptors (Lipinski definition) is 5. The van der Waals surface area contributed by atoms with Crippen molar-refractivity contribution in [2.75, 3.05) is 6.61 Å². The minimum atomic E-state index is -3.59. The molecule has 0 bridgehead atoms. The predicted octanol–water partition coefficient (Wildman–Crippen LogP) is 1.41. The lowest BCUT2D eigenvalue weighted by Crippen LogP contribution is -2.23. The molecule has 0 amide bonds. The third-order valence-corrected chi connectivity index (χ3v) is 4.25. The van der Waals surface area contributed by atoms with E-state index in [4.69, 9.17) is 10.5 Å². The standard InChI is InChI=1S/C10H9BrN2O3S/c11-7-1-3-8(4-2-7)16-6-9-5-13-10(12)17(9,14)15/h1-5H,6H2,(H2,12,13). The minimum Gasteiger partial charge on any atom is -0.488 e. The molecule has 1 aromatic rings. The van der Waals surface area contributed by atoms with Gasteiger partial charge in [-0.25, -0.2) is 13.4 Å². The summed E-state index contributed by atoms with van der Waals surface area (Å²) in [7, 11) is -3.59. The number of rotatable bonds is 3. The molecule has 1 aromatic carbocycles. The van der Waals surface area contributed by atoms with Crippen molar-refractivity contribution in [1.82, 2.24) is 0 Å². The molecule has 0 aliphatic carbocycles. The Morgan fingerprint density at radius 1 is 1.29 bits per heavy atom. The molecule has 0 fully saturated rings. The van der Waals surface area contributed by atoms with E-state index in [1.54, 1.807) is 24.3 Å². The predicted molar refractivity (Wildman–Crippen MR) is 68.3 cm³/mol. The zero-order valence-electron chi connectivity index (χ0n) is 8.63. The molecule has 2 rings (SSSR count). The average Bonchev–Trinajstić information content (AvgIpc) is 2.54. The number of benzene rings is 1. The quantitative estimate of drug-likeness (QED) is 0.914. The third-order valence-electron chi connectivity index (χ3n) is 2.15. The Labute approximate surface area is 107 Å². The van der Waals surface area contributed by atoms with Gasteiger partial charge in [0.05, 0.1) is 0 Å². The van der Waals surface area contributed by atoms with Crippen molar-refractivity contribution in [1.29, 1.82) is 0 Å². The molecule has 1 heterocycles. The molecule has 0 atom stereocenters. The van der Waals surface area contributed by atoms with Gasteiger partial charge in [-0.2, -0.15) is 0 Å². The highest BCUT2D eigenvalue weighted by Crippen LogP contribution is 2.19. The lowest BCUT2D eigenvalue weighted by atomic mass is 10.3. The van der Waals surface area contributed by atoms with Gasteiger partial charge < -0.3 is 10.5 Å². The maximum atomic E-state index is 11.6. The summed E-state index contributed by atoms with van der Waals surface area (Å²) in [6.45, 7) is -0.0752. The van der Waals surface area contributed by atoms with Crippen molar-refractivity contribution in [2.24, 2.45) is 10.7 Å². The van der Waals surface area contributed by atoms with Crippen molar-refractivity contribution < 1.29 is 13.2 Å². The molecule has 2 N–H and O–H groups in total. The highest BCUT2D eigenvalue weighted by atomic mass is 79.9. The van der Waals surface area contributed by atoms with Gasteiger partial charge in [-0.15, -0.1) is 0 Å². The lowest BCUT2D eigenvalue weighted by Gasteiger charge is -2.06. The lowest BCUT2D eigenvalue weighted by molar-refractivity contribution is 0.358. The first-order valence-electron chi connectivity index (χ1n) is 4.66. The highest BCUT2D eigenvalue weighted by molar-refractivity contribution is 9.10. The monoisotopic (exact) mass is 316 g/mol. The highest BCUT2D eigenvalue weighted by Gasteiger charge is 2.27. The number of amidine groups is 1. The summed E-state index contributed by atoms with van der Waals surface area (Å²) in [5.74, 6) is 0.578. The van der Waals surface area contributed by atoms with E-state index in [-0.39, 0.29) is 16.7 Å². The number of sulfone groups is 1. The van der Waals surface area contributed by atoms with Gasteiger partial charge in [0, 0.05) is 10.7 Å². The normalized spacial score (nSPS) is 17.5. The van der Waals surface area contributed by atoms with E-state index in [0.29, 0.717) is 5.75 Å². The fourth-order valence-electron chi connectivity index (χ4n) is 1.21. The van der Waals surface area contributed by atoms with Gasteiger partial charge >= 0.3 is 0 Å². The Hall–Kier alpha value is -1.34. The summed E-state index contributed by atoms with van der Waals surface area (Å²) in [6.07, 6.45) is 1.21. The number of ether oxygens (including phenoxy) is 1. The first kappa shape index (κ1) is 12.1. The molecule has 5 nitrogen and oxygen atoms in total. The average molecular weight is 317 g/mol. The molecule has 0 radical (unpaired) electrons. The van der Waals surface area contributed by atoms with E-state index in [0.717, 1.165) is 4.47 Å². The van der Waals surface area contributed by atoms with E-state index in [1.807, 2.05) is 0 Å². The van der Waals surface area contributed by atoms with Crippen LogP contribution in [0, 0.1) is 0 Å². The van der Waals surface area contributed by atoms with Gasteiger partial charge in [0.25, 0.3) is 0 Å². The summed E-state index contributed by atoms with van der Waals surface area (Å²) < 4.78 is 29.4. The molecule has 0 saturated carbocycles. The summed E-state index contributed by atoms with van der Waals surface area (Å²) in [4.78, 5) is 3.62. The maximum absolute atomic E-state index is 11.6. The van der Waals surface area contributed by atoms with Gasteiger partial charge in [0.15, 0.2) is 0 Å². The van der Waals surface area contributed by atoms with Gasteiger partial charge in [-0.3, -0.25) is 0 Å². The van der Waals surface area contributed by atoms with Crippen LogP contribution in [-0.2, 0) is 9.84 Å². The van der Waals surface area contributed by atoms with Crippen molar-refractivity contribution >= 4 is 30.9 Å².